The van der Waals surface area contributed by atoms with Crippen LogP contribution in [0.3, 0.4) is 0 Å². The van der Waals surface area contributed by atoms with Gasteiger partial charge in [0.2, 0.25) is 0 Å². The monoisotopic (exact) mass is 280 g/mol. The minimum atomic E-state index is 0.187. The maximum absolute atomic E-state index is 6.20. The summed E-state index contributed by atoms with van der Waals surface area (Å²) >= 11 is 1.69. The van der Waals surface area contributed by atoms with Crippen LogP contribution in [0, 0.1) is 5.92 Å². The third kappa shape index (κ3) is 2.86. The summed E-state index contributed by atoms with van der Waals surface area (Å²) in [6, 6.07) is 0.397. The number of nitrogens with zero attached hydrogens (tertiary/aromatic N) is 1. The van der Waals surface area contributed by atoms with E-state index in [9.17, 15) is 0 Å². The number of hydrogen-bond donors (Lipinski definition) is 1. The minimum Gasteiger partial charge on any atom is -0.375 e. The van der Waals surface area contributed by atoms with E-state index < -0.39 is 0 Å². The summed E-state index contributed by atoms with van der Waals surface area (Å²) in [6.45, 7) is 0.924. The molecule has 1 aliphatic heterocycles. The number of rotatable bonds is 3. The number of ether oxygens (including phenoxy) is 1. The lowest BCUT2D eigenvalue weighted by Gasteiger charge is -2.45. The van der Waals surface area contributed by atoms with E-state index in [1.807, 2.05) is 5.51 Å². The molecule has 1 aliphatic carbocycles. The van der Waals surface area contributed by atoms with Crippen LogP contribution in [0.5, 0.6) is 0 Å². The van der Waals surface area contributed by atoms with Gasteiger partial charge in [-0.2, -0.15) is 0 Å². The van der Waals surface area contributed by atoms with Crippen LogP contribution in [0.15, 0.2) is 10.9 Å². The first-order chi connectivity index (χ1) is 9.33. The summed E-state index contributed by atoms with van der Waals surface area (Å²) in [6.07, 6.45) is 8.95. The Labute approximate surface area is 119 Å². The van der Waals surface area contributed by atoms with Gasteiger partial charge in [-0.05, 0) is 38.6 Å². The molecule has 2 heterocycles. The van der Waals surface area contributed by atoms with E-state index in [2.05, 4.69) is 22.7 Å². The van der Waals surface area contributed by atoms with Crippen molar-refractivity contribution in [3.05, 3.63) is 16.6 Å². The second-order valence-corrected chi connectivity index (χ2v) is 6.74. The van der Waals surface area contributed by atoms with E-state index in [0.717, 1.165) is 13.0 Å². The zero-order valence-electron chi connectivity index (χ0n) is 11.7. The quantitative estimate of drug-likeness (QED) is 0.919. The molecule has 2 aliphatic rings. The van der Waals surface area contributed by atoms with Crippen LogP contribution in [-0.4, -0.2) is 24.2 Å². The van der Waals surface area contributed by atoms with Crippen molar-refractivity contribution in [2.45, 2.75) is 56.6 Å². The van der Waals surface area contributed by atoms with Crippen molar-refractivity contribution in [1.82, 2.24) is 10.3 Å². The molecule has 3 rings (SSSR count). The normalized spacial score (nSPS) is 28.4. The molecule has 3 nitrogen and oxygen atoms in total. The Balaban J connectivity index is 1.73. The average molecular weight is 280 g/mol. The summed E-state index contributed by atoms with van der Waals surface area (Å²) in [5, 5.41) is 5.67. The Hall–Kier alpha value is -0.450. The molecule has 2 atom stereocenters. The third-order valence-electron chi connectivity index (χ3n) is 4.85. The number of nitrogens with one attached hydrogen (secondary N) is 1. The Kier molecular flexibility index (Phi) is 4.20. The maximum Gasteiger partial charge on any atom is 0.0795 e. The lowest BCUT2D eigenvalue weighted by atomic mass is 9.73. The Morgan fingerprint density at radius 2 is 2.26 bits per heavy atom. The van der Waals surface area contributed by atoms with Gasteiger partial charge in [0.05, 0.1) is 22.8 Å². The van der Waals surface area contributed by atoms with E-state index >= 15 is 0 Å². The highest BCUT2D eigenvalue weighted by Gasteiger charge is 2.41. The lowest BCUT2D eigenvalue weighted by Crippen LogP contribution is -2.44. The molecule has 1 saturated carbocycles. The predicted molar refractivity (Wildman–Crippen MR) is 78.4 cm³/mol. The molecule has 1 aromatic heterocycles. The van der Waals surface area contributed by atoms with Gasteiger partial charge in [-0.25, -0.2) is 4.98 Å². The first-order valence-corrected chi connectivity index (χ1v) is 8.47. The average Bonchev–Trinajstić information content (AvgIpc) is 2.95. The molecule has 1 saturated heterocycles. The molecule has 0 aromatic carbocycles. The van der Waals surface area contributed by atoms with Gasteiger partial charge >= 0.3 is 0 Å². The van der Waals surface area contributed by atoms with Crippen LogP contribution < -0.4 is 5.32 Å². The summed E-state index contributed by atoms with van der Waals surface area (Å²) in [5.41, 5.74) is 3.34. The maximum atomic E-state index is 6.20. The first-order valence-electron chi connectivity index (χ1n) is 7.52. The smallest absolute Gasteiger partial charge is 0.0795 e. The van der Waals surface area contributed by atoms with Crippen molar-refractivity contribution in [2.24, 2.45) is 5.92 Å². The fraction of sp³-hybridized carbons (Fsp3) is 0.800. The molecule has 106 valence electrons. The second-order valence-electron chi connectivity index (χ2n) is 6.02. The standard InChI is InChI=1S/C15H24N2OS/c1-16-14(13-10-19-11-17-13)12-5-8-18-15(9-12)6-3-2-4-7-15/h10-12,14,16H,2-9H2,1H3. The van der Waals surface area contributed by atoms with Gasteiger partial charge in [-0.3, -0.25) is 0 Å². The zero-order valence-corrected chi connectivity index (χ0v) is 12.5. The highest BCUT2D eigenvalue weighted by atomic mass is 32.1. The van der Waals surface area contributed by atoms with Crippen LogP contribution >= 0.6 is 11.3 Å². The van der Waals surface area contributed by atoms with E-state index in [1.165, 1.54) is 44.2 Å². The first kappa shape index (κ1) is 13.5. The molecule has 19 heavy (non-hydrogen) atoms. The van der Waals surface area contributed by atoms with Crippen molar-refractivity contribution >= 4 is 11.3 Å². The fourth-order valence-corrected chi connectivity index (χ4v) is 4.49. The lowest BCUT2D eigenvalue weighted by molar-refractivity contribution is -0.122. The van der Waals surface area contributed by atoms with Gasteiger partial charge in [0.15, 0.2) is 0 Å². The van der Waals surface area contributed by atoms with Crippen molar-refractivity contribution in [3.8, 4) is 0 Å². The van der Waals surface area contributed by atoms with E-state index in [0.29, 0.717) is 12.0 Å². The topological polar surface area (TPSA) is 34.2 Å². The van der Waals surface area contributed by atoms with E-state index in [1.54, 1.807) is 11.3 Å². The van der Waals surface area contributed by atoms with Gasteiger partial charge in [0.25, 0.3) is 0 Å². The minimum absolute atomic E-state index is 0.187. The highest BCUT2D eigenvalue weighted by Crippen LogP contribution is 2.44. The van der Waals surface area contributed by atoms with Crippen molar-refractivity contribution < 1.29 is 4.74 Å². The molecule has 4 heteroatoms. The fourth-order valence-electron chi connectivity index (χ4n) is 3.90. The van der Waals surface area contributed by atoms with Crippen LogP contribution in [0.4, 0.5) is 0 Å². The Morgan fingerprint density at radius 1 is 1.42 bits per heavy atom. The Morgan fingerprint density at radius 3 is 2.95 bits per heavy atom. The van der Waals surface area contributed by atoms with E-state index in [4.69, 9.17) is 4.74 Å². The summed E-state index contributed by atoms with van der Waals surface area (Å²) in [7, 11) is 2.06. The molecule has 1 N–H and O–H groups in total. The summed E-state index contributed by atoms with van der Waals surface area (Å²) in [5.74, 6) is 0.666. The second kappa shape index (κ2) is 5.90. The predicted octanol–water partition coefficient (Wildman–Crippen LogP) is 3.53. The van der Waals surface area contributed by atoms with Crippen LogP contribution in [0.1, 0.15) is 56.7 Å². The zero-order chi connectivity index (χ0) is 13.1. The molecule has 2 unspecified atom stereocenters. The van der Waals surface area contributed by atoms with Gasteiger partial charge in [-0.15, -0.1) is 11.3 Å². The van der Waals surface area contributed by atoms with Crippen molar-refractivity contribution in [1.29, 1.82) is 0 Å². The largest absolute Gasteiger partial charge is 0.375 e. The molecular weight excluding hydrogens is 256 g/mol. The van der Waals surface area contributed by atoms with Crippen LogP contribution in [-0.2, 0) is 4.74 Å². The third-order valence-corrected chi connectivity index (χ3v) is 5.45. The summed E-state index contributed by atoms with van der Waals surface area (Å²) < 4.78 is 6.20. The SMILES string of the molecule is CNC(c1cscn1)C1CCOC2(CCCCC2)C1. The van der Waals surface area contributed by atoms with Crippen molar-refractivity contribution in [2.75, 3.05) is 13.7 Å². The number of hydrogen-bond acceptors (Lipinski definition) is 4. The summed E-state index contributed by atoms with van der Waals surface area (Å²) in [4.78, 5) is 4.51. The highest BCUT2D eigenvalue weighted by molar-refractivity contribution is 7.07. The van der Waals surface area contributed by atoms with Gasteiger partial charge in [0.1, 0.15) is 0 Å². The number of aromatic nitrogens is 1. The Bertz CT molecular complexity index is 381. The van der Waals surface area contributed by atoms with Crippen molar-refractivity contribution in [3.63, 3.8) is 0 Å². The van der Waals surface area contributed by atoms with Gasteiger partial charge in [-0.1, -0.05) is 19.3 Å². The molecular formula is C15H24N2OS. The molecule has 0 bridgehead atoms. The molecule has 0 radical (unpaired) electrons. The van der Waals surface area contributed by atoms with Gasteiger partial charge in [0, 0.05) is 12.0 Å². The van der Waals surface area contributed by atoms with E-state index in [-0.39, 0.29) is 5.60 Å². The molecule has 2 fully saturated rings. The van der Waals surface area contributed by atoms with Crippen LogP contribution in [0.25, 0.3) is 0 Å². The number of thiazole rings is 1. The van der Waals surface area contributed by atoms with Gasteiger partial charge < -0.3 is 10.1 Å². The molecule has 0 amide bonds. The molecule has 1 aromatic rings. The molecule has 1 spiro atoms. The van der Waals surface area contributed by atoms with Crippen LogP contribution in [0.2, 0.25) is 0 Å².